The zero-order valence-electron chi connectivity index (χ0n) is 19.8. The van der Waals surface area contributed by atoms with Gasteiger partial charge in [0.15, 0.2) is 18.1 Å². The summed E-state index contributed by atoms with van der Waals surface area (Å²) in [6.45, 7) is 10.5. The van der Waals surface area contributed by atoms with Gasteiger partial charge in [-0.1, -0.05) is 41.7 Å². The average molecular weight is 564 g/mol. The predicted octanol–water partition coefficient (Wildman–Crippen LogP) is 6.01. The molecule has 1 aliphatic heterocycles. The van der Waals surface area contributed by atoms with Gasteiger partial charge in [-0.15, -0.1) is 0 Å². The van der Waals surface area contributed by atoms with E-state index >= 15 is 0 Å². The summed E-state index contributed by atoms with van der Waals surface area (Å²) in [6.07, 6.45) is 1.78. The maximum Gasteiger partial charge on any atom is 0.266 e. The van der Waals surface area contributed by atoms with Crippen LogP contribution in [0.1, 0.15) is 36.1 Å². The van der Waals surface area contributed by atoms with Crippen molar-refractivity contribution in [2.75, 3.05) is 25.1 Å². The number of thioether (sulfide) groups is 1. The van der Waals surface area contributed by atoms with Gasteiger partial charge in [0.25, 0.3) is 11.8 Å². The number of carbonyl (C=O) groups excluding carboxylic acids is 2. The summed E-state index contributed by atoms with van der Waals surface area (Å²) in [5.74, 6) is 0.527. The Labute approximate surface area is 218 Å². The van der Waals surface area contributed by atoms with E-state index in [4.69, 9.17) is 21.7 Å². The molecule has 0 atom stereocenters. The van der Waals surface area contributed by atoms with Gasteiger partial charge in [0, 0.05) is 12.2 Å². The molecule has 2 amide bonds. The Hall–Kier alpha value is -2.36. The highest BCUT2D eigenvalue weighted by molar-refractivity contribution is 9.10. The van der Waals surface area contributed by atoms with Gasteiger partial charge in [-0.25, -0.2) is 0 Å². The molecule has 2 aromatic carbocycles. The van der Waals surface area contributed by atoms with Crippen LogP contribution in [-0.2, 0) is 9.59 Å². The van der Waals surface area contributed by atoms with Crippen molar-refractivity contribution in [1.29, 1.82) is 0 Å². The molecule has 1 N–H and O–H groups in total. The van der Waals surface area contributed by atoms with Gasteiger partial charge >= 0.3 is 0 Å². The molecule has 0 spiro atoms. The van der Waals surface area contributed by atoms with Crippen molar-refractivity contribution in [3.63, 3.8) is 0 Å². The number of amides is 2. The van der Waals surface area contributed by atoms with Crippen LogP contribution in [-0.4, -0.2) is 40.8 Å². The van der Waals surface area contributed by atoms with Crippen molar-refractivity contribution < 1.29 is 19.1 Å². The number of aryl methyl sites for hydroxylation is 3. The van der Waals surface area contributed by atoms with E-state index < -0.39 is 0 Å². The fraction of sp³-hybridized carbons (Fsp3) is 0.320. The second-order valence-corrected chi connectivity index (χ2v) is 10.3. The number of nitrogens with zero attached hydrogens (tertiary/aromatic N) is 1. The maximum absolute atomic E-state index is 12.6. The lowest BCUT2D eigenvalue weighted by atomic mass is 10.1. The van der Waals surface area contributed by atoms with E-state index in [-0.39, 0.29) is 18.4 Å². The number of benzene rings is 2. The van der Waals surface area contributed by atoms with Gasteiger partial charge in [-0.05, 0) is 85.4 Å². The van der Waals surface area contributed by atoms with Crippen molar-refractivity contribution in [2.45, 2.75) is 34.6 Å². The maximum atomic E-state index is 12.6. The zero-order chi connectivity index (χ0) is 25.0. The molecule has 1 aliphatic rings. The van der Waals surface area contributed by atoms with Gasteiger partial charge in [0.2, 0.25) is 0 Å². The first-order valence-electron chi connectivity index (χ1n) is 10.9. The third kappa shape index (κ3) is 6.00. The average Bonchev–Trinajstić information content (AvgIpc) is 3.02. The SMILES string of the molecule is CCOc1cc(/C=C2\SC(=S)N(CC)C2=O)cc(Br)c1OCC(=O)Nc1c(C)cc(C)cc1C. The van der Waals surface area contributed by atoms with Crippen LogP contribution < -0.4 is 14.8 Å². The van der Waals surface area contributed by atoms with Crippen LogP contribution in [0.5, 0.6) is 11.5 Å². The van der Waals surface area contributed by atoms with Crippen LogP contribution in [0.15, 0.2) is 33.6 Å². The summed E-state index contributed by atoms with van der Waals surface area (Å²) in [5.41, 5.74) is 4.70. The molecule has 34 heavy (non-hydrogen) atoms. The number of anilines is 1. The monoisotopic (exact) mass is 562 g/mol. The lowest BCUT2D eigenvalue weighted by Crippen LogP contribution is -2.27. The molecular formula is C25H27BrN2O4S2. The normalized spacial score (nSPS) is 14.6. The number of likely N-dealkylation sites (N-methyl/N-ethyl adjacent to an activating group) is 1. The number of ether oxygens (including phenoxy) is 2. The smallest absolute Gasteiger partial charge is 0.266 e. The van der Waals surface area contributed by atoms with Crippen molar-refractivity contribution >= 4 is 67.8 Å². The summed E-state index contributed by atoms with van der Waals surface area (Å²) in [6, 6.07) is 7.66. The van der Waals surface area contributed by atoms with E-state index in [0.717, 1.165) is 27.9 Å². The number of carbonyl (C=O) groups is 2. The second-order valence-electron chi connectivity index (χ2n) is 7.80. The molecule has 6 nitrogen and oxygen atoms in total. The Morgan fingerprint density at radius 1 is 1.15 bits per heavy atom. The van der Waals surface area contributed by atoms with E-state index in [2.05, 4.69) is 21.2 Å². The Morgan fingerprint density at radius 2 is 1.82 bits per heavy atom. The van der Waals surface area contributed by atoms with Gasteiger partial charge in [-0.3, -0.25) is 14.5 Å². The third-order valence-corrected chi connectivity index (χ3v) is 7.08. The first-order chi connectivity index (χ1) is 16.1. The second kappa shape index (κ2) is 11.4. The fourth-order valence-corrected chi connectivity index (χ4v) is 5.65. The van der Waals surface area contributed by atoms with E-state index in [0.29, 0.717) is 38.3 Å². The predicted molar refractivity (Wildman–Crippen MR) is 146 cm³/mol. The van der Waals surface area contributed by atoms with E-state index in [9.17, 15) is 9.59 Å². The van der Waals surface area contributed by atoms with Crippen LogP contribution in [0.3, 0.4) is 0 Å². The molecule has 0 radical (unpaired) electrons. The van der Waals surface area contributed by atoms with Crippen LogP contribution >= 0.6 is 39.9 Å². The zero-order valence-corrected chi connectivity index (χ0v) is 23.0. The quantitative estimate of drug-likeness (QED) is 0.314. The molecule has 0 bridgehead atoms. The number of nitrogens with one attached hydrogen (secondary N) is 1. The number of thiocarbonyl (C=S) groups is 1. The Morgan fingerprint density at radius 3 is 2.41 bits per heavy atom. The first kappa shape index (κ1) is 26.2. The molecule has 0 saturated carbocycles. The van der Waals surface area contributed by atoms with Gasteiger partial charge in [0.05, 0.1) is 16.0 Å². The molecule has 0 unspecified atom stereocenters. The number of halogens is 1. The highest BCUT2D eigenvalue weighted by atomic mass is 79.9. The highest BCUT2D eigenvalue weighted by Crippen LogP contribution is 2.39. The Balaban J connectivity index is 1.79. The Bertz CT molecular complexity index is 1160. The van der Waals surface area contributed by atoms with Crippen LogP contribution in [0.4, 0.5) is 5.69 Å². The van der Waals surface area contributed by atoms with Crippen molar-refractivity contribution in [3.05, 3.63) is 55.9 Å². The molecule has 0 aliphatic carbocycles. The summed E-state index contributed by atoms with van der Waals surface area (Å²) >= 11 is 10.1. The fourth-order valence-electron chi connectivity index (χ4n) is 3.69. The topological polar surface area (TPSA) is 67.9 Å². The third-order valence-electron chi connectivity index (χ3n) is 5.11. The van der Waals surface area contributed by atoms with E-state index in [1.165, 1.54) is 11.8 Å². The minimum atomic E-state index is -0.267. The van der Waals surface area contributed by atoms with E-state index in [1.807, 2.05) is 52.8 Å². The number of hydrogen-bond acceptors (Lipinski definition) is 6. The minimum Gasteiger partial charge on any atom is -0.490 e. The van der Waals surface area contributed by atoms with Gasteiger partial charge in [0.1, 0.15) is 4.32 Å². The van der Waals surface area contributed by atoms with Crippen LogP contribution in [0, 0.1) is 20.8 Å². The molecular weight excluding hydrogens is 536 g/mol. The lowest BCUT2D eigenvalue weighted by molar-refractivity contribution is -0.122. The van der Waals surface area contributed by atoms with Crippen molar-refractivity contribution in [1.82, 2.24) is 4.90 Å². The molecule has 1 fully saturated rings. The largest absolute Gasteiger partial charge is 0.490 e. The molecule has 3 rings (SSSR count). The van der Waals surface area contributed by atoms with Crippen LogP contribution in [0.25, 0.3) is 6.08 Å². The highest BCUT2D eigenvalue weighted by Gasteiger charge is 2.30. The van der Waals surface area contributed by atoms with E-state index in [1.54, 1.807) is 17.0 Å². The molecule has 1 heterocycles. The summed E-state index contributed by atoms with van der Waals surface area (Å²) in [5, 5.41) is 2.94. The molecule has 180 valence electrons. The van der Waals surface area contributed by atoms with Crippen molar-refractivity contribution in [2.24, 2.45) is 0 Å². The minimum absolute atomic E-state index is 0.106. The van der Waals surface area contributed by atoms with Gasteiger partial charge in [-0.2, -0.15) is 0 Å². The molecule has 2 aromatic rings. The molecule has 1 saturated heterocycles. The molecule has 9 heteroatoms. The summed E-state index contributed by atoms with van der Waals surface area (Å²) in [4.78, 5) is 27.3. The first-order valence-corrected chi connectivity index (χ1v) is 12.9. The standard InChI is InChI=1S/C25H27BrN2O4S2/c1-6-28-24(30)20(34-25(28)33)12-17-10-18(26)23(19(11-17)31-7-2)32-13-21(29)27-22-15(4)8-14(3)9-16(22)5/h8-12H,6-7,13H2,1-5H3,(H,27,29)/b20-12-. The molecule has 0 aromatic heterocycles. The summed E-state index contributed by atoms with van der Waals surface area (Å²) < 4.78 is 12.8. The number of rotatable bonds is 8. The lowest BCUT2D eigenvalue weighted by Gasteiger charge is -2.16. The van der Waals surface area contributed by atoms with Crippen molar-refractivity contribution in [3.8, 4) is 11.5 Å². The summed E-state index contributed by atoms with van der Waals surface area (Å²) in [7, 11) is 0. The number of hydrogen-bond donors (Lipinski definition) is 1. The van der Waals surface area contributed by atoms with Crippen LogP contribution in [0.2, 0.25) is 0 Å². The Kier molecular flexibility index (Phi) is 8.78. The van der Waals surface area contributed by atoms with Gasteiger partial charge < -0.3 is 14.8 Å².